The molecule has 1 heterocycles. The molecule has 0 aliphatic heterocycles. The molecule has 3 aromatic rings. The van der Waals surface area contributed by atoms with Crippen LogP contribution in [0.2, 0.25) is 10.0 Å². The highest BCUT2D eigenvalue weighted by molar-refractivity contribution is 6.33. The summed E-state index contributed by atoms with van der Waals surface area (Å²) in [7, 11) is 1.88. The van der Waals surface area contributed by atoms with Gasteiger partial charge in [0, 0.05) is 29.0 Å². The van der Waals surface area contributed by atoms with Gasteiger partial charge in [-0.15, -0.1) is 0 Å². The standard InChI is InChI=1S/C17H15Cl2N3/c1-11-8-14(6-7-15(11)18)21-13-5-3-4-12(9-13)17-16(19)10-20-22(17)2/h3-10,21H,1-2H3. The molecule has 2 aromatic carbocycles. The molecule has 0 amide bonds. The summed E-state index contributed by atoms with van der Waals surface area (Å²) >= 11 is 12.3. The van der Waals surface area contributed by atoms with E-state index in [4.69, 9.17) is 23.2 Å². The topological polar surface area (TPSA) is 29.9 Å². The van der Waals surface area contributed by atoms with Crippen LogP contribution in [0.15, 0.2) is 48.7 Å². The maximum atomic E-state index is 6.21. The molecule has 0 unspecified atom stereocenters. The Kier molecular flexibility index (Phi) is 4.10. The molecule has 0 saturated heterocycles. The molecule has 0 radical (unpaired) electrons. The number of anilines is 2. The molecule has 1 N–H and O–H groups in total. The minimum atomic E-state index is 0.641. The summed E-state index contributed by atoms with van der Waals surface area (Å²) in [5, 5.41) is 8.96. The van der Waals surface area contributed by atoms with Crippen molar-refractivity contribution in [1.82, 2.24) is 9.78 Å². The van der Waals surface area contributed by atoms with Crippen molar-refractivity contribution in [3.8, 4) is 11.3 Å². The molecule has 0 saturated carbocycles. The molecule has 0 fully saturated rings. The summed E-state index contributed by atoms with van der Waals surface area (Å²) in [5.74, 6) is 0. The Bertz CT molecular complexity index is 805. The highest BCUT2D eigenvalue weighted by Gasteiger charge is 2.09. The zero-order valence-electron chi connectivity index (χ0n) is 12.3. The first kappa shape index (κ1) is 14.9. The van der Waals surface area contributed by atoms with Gasteiger partial charge in [-0.25, -0.2) is 0 Å². The molecule has 0 atom stereocenters. The summed E-state index contributed by atoms with van der Waals surface area (Å²) in [6.07, 6.45) is 1.65. The summed E-state index contributed by atoms with van der Waals surface area (Å²) in [5.41, 5.74) is 4.93. The van der Waals surface area contributed by atoms with Gasteiger partial charge in [0.1, 0.15) is 0 Å². The third kappa shape index (κ3) is 2.96. The predicted octanol–water partition coefficient (Wildman–Crippen LogP) is 5.45. The van der Waals surface area contributed by atoms with Crippen LogP contribution in [0.5, 0.6) is 0 Å². The first-order valence-electron chi connectivity index (χ1n) is 6.86. The average molecular weight is 332 g/mol. The van der Waals surface area contributed by atoms with Gasteiger partial charge >= 0.3 is 0 Å². The second-order valence-corrected chi connectivity index (χ2v) is 5.95. The minimum absolute atomic E-state index is 0.641. The molecule has 5 heteroatoms. The number of benzene rings is 2. The molecule has 0 aliphatic carbocycles. The summed E-state index contributed by atoms with van der Waals surface area (Å²) in [6.45, 7) is 1.99. The number of nitrogens with one attached hydrogen (secondary N) is 1. The number of nitrogens with zero attached hydrogens (tertiary/aromatic N) is 2. The fourth-order valence-corrected chi connectivity index (χ4v) is 2.76. The van der Waals surface area contributed by atoms with Crippen LogP contribution in [0.4, 0.5) is 11.4 Å². The van der Waals surface area contributed by atoms with E-state index < -0.39 is 0 Å². The smallest absolute Gasteiger partial charge is 0.0866 e. The summed E-state index contributed by atoms with van der Waals surface area (Å²) in [6, 6.07) is 13.9. The number of aryl methyl sites for hydroxylation is 2. The Hall–Kier alpha value is -1.97. The van der Waals surface area contributed by atoms with Crippen LogP contribution in [0.1, 0.15) is 5.56 Å². The van der Waals surface area contributed by atoms with Crippen LogP contribution in [0.25, 0.3) is 11.3 Å². The zero-order valence-corrected chi connectivity index (χ0v) is 13.8. The van der Waals surface area contributed by atoms with Gasteiger partial charge in [-0.05, 0) is 42.8 Å². The van der Waals surface area contributed by atoms with Crippen molar-refractivity contribution in [3.05, 3.63) is 64.3 Å². The third-order valence-electron chi connectivity index (χ3n) is 3.48. The predicted molar refractivity (Wildman–Crippen MR) is 93.1 cm³/mol. The summed E-state index contributed by atoms with van der Waals surface area (Å²) in [4.78, 5) is 0. The molecule has 3 rings (SSSR count). The quantitative estimate of drug-likeness (QED) is 0.691. The third-order valence-corrected chi connectivity index (χ3v) is 4.18. The lowest BCUT2D eigenvalue weighted by atomic mass is 10.1. The Morgan fingerprint density at radius 2 is 1.77 bits per heavy atom. The van der Waals surface area contributed by atoms with Gasteiger partial charge < -0.3 is 5.32 Å². The Morgan fingerprint density at radius 1 is 1.00 bits per heavy atom. The maximum absolute atomic E-state index is 6.21. The van der Waals surface area contributed by atoms with Crippen molar-refractivity contribution in [1.29, 1.82) is 0 Å². The lowest BCUT2D eigenvalue weighted by Crippen LogP contribution is -1.95. The molecule has 0 bridgehead atoms. The lowest BCUT2D eigenvalue weighted by Gasteiger charge is -2.10. The van der Waals surface area contributed by atoms with E-state index in [2.05, 4.69) is 10.4 Å². The van der Waals surface area contributed by atoms with E-state index in [0.29, 0.717) is 5.02 Å². The first-order valence-corrected chi connectivity index (χ1v) is 7.61. The number of rotatable bonds is 3. The molecule has 22 heavy (non-hydrogen) atoms. The van der Waals surface area contributed by atoms with Crippen LogP contribution in [0, 0.1) is 6.92 Å². The Morgan fingerprint density at radius 3 is 2.45 bits per heavy atom. The Balaban J connectivity index is 1.93. The second kappa shape index (κ2) is 6.03. The van der Waals surface area contributed by atoms with Crippen molar-refractivity contribution in [2.24, 2.45) is 7.05 Å². The normalized spacial score (nSPS) is 10.7. The number of aromatic nitrogens is 2. The largest absolute Gasteiger partial charge is 0.355 e. The van der Waals surface area contributed by atoms with Gasteiger partial charge in [-0.2, -0.15) is 5.10 Å². The molecule has 112 valence electrons. The van der Waals surface area contributed by atoms with Crippen LogP contribution in [-0.2, 0) is 7.05 Å². The van der Waals surface area contributed by atoms with Crippen molar-refractivity contribution in [2.45, 2.75) is 6.92 Å². The fourth-order valence-electron chi connectivity index (χ4n) is 2.37. The van der Waals surface area contributed by atoms with E-state index in [1.54, 1.807) is 10.9 Å². The summed E-state index contributed by atoms with van der Waals surface area (Å²) < 4.78 is 1.77. The molecular formula is C17H15Cl2N3. The first-order chi connectivity index (χ1) is 10.5. The van der Waals surface area contributed by atoms with Crippen LogP contribution >= 0.6 is 23.2 Å². The molecule has 0 aliphatic rings. The van der Waals surface area contributed by atoms with Crippen molar-refractivity contribution >= 4 is 34.6 Å². The monoisotopic (exact) mass is 331 g/mol. The second-order valence-electron chi connectivity index (χ2n) is 5.13. The van der Waals surface area contributed by atoms with Crippen LogP contribution in [0.3, 0.4) is 0 Å². The molecular weight excluding hydrogens is 317 g/mol. The zero-order chi connectivity index (χ0) is 15.7. The van der Waals surface area contributed by atoms with E-state index >= 15 is 0 Å². The van der Waals surface area contributed by atoms with Crippen LogP contribution in [-0.4, -0.2) is 9.78 Å². The van der Waals surface area contributed by atoms with Crippen molar-refractivity contribution < 1.29 is 0 Å². The average Bonchev–Trinajstić information content (AvgIpc) is 2.82. The SMILES string of the molecule is Cc1cc(Nc2cccc(-c3c(Cl)cnn3C)c2)ccc1Cl. The van der Waals surface area contributed by atoms with E-state index in [1.165, 1.54) is 0 Å². The van der Waals surface area contributed by atoms with E-state index in [0.717, 1.165) is 33.2 Å². The number of hydrogen-bond acceptors (Lipinski definition) is 2. The van der Waals surface area contributed by atoms with Gasteiger partial charge in [0.25, 0.3) is 0 Å². The molecule has 3 nitrogen and oxygen atoms in total. The van der Waals surface area contributed by atoms with E-state index in [-0.39, 0.29) is 0 Å². The van der Waals surface area contributed by atoms with Gasteiger partial charge in [-0.3, -0.25) is 4.68 Å². The lowest BCUT2D eigenvalue weighted by molar-refractivity contribution is 0.776. The maximum Gasteiger partial charge on any atom is 0.0866 e. The molecule has 0 spiro atoms. The fraction of sp³-hybridized carbons (Fsp3) is 0.118. The molecule has 1 aromatic heterocycles. The highest BCUT2D eigenvalue weighted by atomic mass is 35.5. The van der Waals surface area contributed by atoms with E-state index in [9.17, 15) is 0 Å². The van der Waals surface area contributed by atoms with Crippen molar-refractivity contribution in [2.75, 3.05) is 5.32 Å². The van der Waals surface area contributed by atoms with Gasteiger partial charge in [-0.1, -0.05) is 35.3 Å². The van der Waals surface area contributed by atoms with Gasteiger partial charge in [0.05, 0.1) is 16.9 Å². The van der Waals surface area contributed by atoms with Gasteiger partial charge in [0.15, 0.2) is 0 Å². The highest BCUT2D eigenvalue weighted by Crippen LogP contribution is 2.30. The van der Waals surface area contributed by atoms with E-state index in [1.807, 2.05) is 56.4 Å². The van der Waals surface area contributed by atoms with Crippen molar-refractivity contribution in [3.63, 3.8) is 0 Å². The number of halogens is 2. The van der Waals surface area contributed by atoms with Crippen LogP contribution < -0.4 is 5.32 Å². The van der Waals surface area contributed by atoms with Gasteiger partial charge in [0.2, 0.25) is 0 Å². The Labute approximate surface area is 139 Å². The minimum Gasteiger partial charge on any atom is -0.355 e. The number of hydrogen-bond donors (Lipinski definition) is 1.